The second-order valence-corrected chi connectivity index (χ2v) is 12.7. The first kappa shape index (κ1) is 27.7. The number of fused-ring (bicyclic) bond motifs is 1. The van der Waals surface area contributed by atoms with Crippen LogP contribution in [-0.4, -0.2) is 73.1 Å². The van der Waals surface area contributed by atoms with E-state index in [2.05, 4.69) is 15.1 Å². The molecule has 0 radical (unpaired) electrons. The molecule has 0 atom stereocenters. The second-order valence-electron chi connectivity index (χ2n) is 9.80. The predicted octanol–water partition coefficient (Wildman–Crippen LogP) is 5.79. The summed E-state index contributed by atoms with van der Waals surface area (Å²) in [7, 11) is -0.126. The lowest BCUT2D eigenvalue weighted by Crippen LogP contribution is -2.35. The molecule has 0 N–H and O–H groups in total. The van der Waals surface area contributed by atoms with E-state index < -0.39 is 10.0 Å². The SMILES string of the molecule is Cc1cc(-c2c(Cl)cccc2Cl)cc2nnc(N(C)c3ccc(S(=O)(=O)N(C)CCN4CCCC4)cc3)nc12. The van der Waals surface area contributed by atoms with E-state index in [4.69, 9.17) is 28.2 Å². The number of hydrogen-bond donors (Lipinski definition) is 0. The van der Waals surface area contributed by atoms with Gasteiger partial charge in [0.05, 0.1) is 10.4 Å². The highest BCUT2D eigenvalue weighted by molar-refractivity contribution is 7.89. The number of nitrogens with zero attached hydrogens (tertiary/aromatic N) is 6. The zero-order chi connectivity index (χ0) is 27.7. The second kappa shape index (κ2) is 11.3. The van der Waals surface area contributed by atoms with Crippen molar-refractivity contribution in [3.8, 4) is 11.1 Å². The molecular weight excluding hydrogens is 555 g/mol. The average Bonchev–Trinajstić information content (AvgIpc) is 3.45. The van der Waals surface area contributed by atoms with Crippen LogP contribution in [0.4, 0.5) is 11.6 Å². The van der Waals surface area contributed by atoms with E-state index in [-0.39, 0.29) is 4.90 Å². The van der Waals surface area contributed by atoms with Gasteiger partial charge in [-0.05, 0) is 92.5 Å². The van der Waals surface area contributed by atoms with Crippen molar-refractivity contribution in [2.45, 2.75) is 24.7 Å². The molecule has 1 aliphatic rings. The van der Waals surface area contributed by atoms with Gasteiger partial charge in [0.25, 0.3) is 0 Å². The van der Waals surface area contributed by atoms with Gasteiger partial charge in [-0.2, -0.15) is 4.31 Å². The third-order valence-corrected chi connectivity index (χ3v) is 9.65. The molecule has 4 aromatic rings. The van der Waals surface area contributed by atoms with Crippen molar-refractivity contribution in [2.75, 3.05) is 45.2 Å². The summed E-state index contributed by atoms with van der Waals surface area (Å²) < 4.78 is 27.6. The summed E-state index contributed by atoms with van der Waals surface area (Å²) >= 11 is 12.8. The smallest absolute Gasteiger partial charge is 0.250 e. The molecule has 204 valence electrons. The van der Waals surface area contributed by atoms with Crippen molar-refractivity contribution in [3.05, 3.63) is 70.2 Å². The summed E-state index contributed by atoms with van der Waals surface area (Å²) in [5.74, 6) is 0.396. The van der Waals surface area contributed by atoms with Crippen molar-refractivity contribution >= 4 is 55.9 Å². The molecule has 0 amide bonds. The van der Waals surface area contributed by atoms with Crippen molar-refractivity contribution in [1.29, 1.82) is 0 Å². The molecule has 8 nitrogen and oxygen atoms in total. The van der Waals surface area contributed by atoms with Crippen molar-refractivity contribution < 1.29 is 8.42 Å². The van der Waals surface area contributed by atoms with E-state index in [0.717, 1.165) is 42.0 Å². The highest BCUT2D eigenvalue weighted by atomic mass is 35.5. The lowest BCUT2D eigenvalue weighted by molar-refractivity contribution is 0.310. The monoisotopic (exact) mass is 584 g/mol. The Hall–Kier alpha value is -2.82. The third kappa shape index (κ3) is 5.73. The minimum absolute atomic E-state index is 0.253. The van der Waals surface area contributed by atoms with Crippen LogP contribution < -0.4 is 4.90 Å². The van der Waals surface area contributed by atoms with Crippen molar-refractivity contribution in [1.82, 2.24) is 24.4 Å². The van der Waals surface area contributed by atoms with Crippen molar-refractivity contribution in [3.63, 3.8) is 0 Å². The van der Waals surface area contributed by atoms with Gasteiger partial charge in [-0.1, -0.05) is 29.3 Å². The molecule has 0 unspecified atom stereocenters. The Bertz CT molecular complexity index is 1590. The van der Waals surface area contributed by atoms with Crippen LogP contribution in [0, 0.1) is 6.92 Å². The molecule has 39 heavy (non-hydrogen) atoms. The minimum Gasteiger partial charge on any atom is -0.312 e. The summed E-state index contributed by atoms with van der Waals surface area (Å²) in [5.41, 5.74) is 4.56. The number of halogens is 2. The van der Waals surface area contributed by atoms with Gasteiger partial charge < -0.3 is 9.80 Å². The average molecular weight is 586 g/mol. The molecule has 1 aromatic heterocycles. The van der Waals surface area contributed by atoms with Crippen LogP contribution in [0.15, 0.2) is 59.5 Å². The fourth-order valence-corrected chi connectivity index (χ4v) is 6.59. The lowest BCUT2D eigenvalue weighted by atomic mass is 10.0. The molecule has 1 saturated heterocycles. The highest BCUT2D eigenvalue weighted by Crippen LogP contribution is 2.36. The van der Waals surface area contributed by atoms with E-state index in [9.17, 15) is 8.42 Å². The molecule has 0 saturated carbocycles. The zero-order valence-corrected chi connectivity index (χ0v) is 24.4. The zero-order valence-electron chi connectivity index (χ0n) is 22.1. The maximum atomic E-state index is 13.1. The molecule has 3 aromatic carbocycles. The molecule has 0 spiro atoms. The Balaban J connectivity index is 1.36. The van der Waals surface area contributed by atoms with E-state index in [1.54, 1.807) is 54.4 Å². The molecule has 1 aliphatic heterocycles. The number of aromatic nitrogens is 3. The summed E-state index contributed by atoms with van der Waals surface area (Å²) in [6.45, 7) is 5.24. The van der Waals surface area contributed by atoms with Crippen LogP contribution in [0.3, 0.4) is 0 Å². The van der Waals surface area contributed by atoms with Gasteiger partial charge in [0.1, 0.15) is 5.52 Å². The molecule has 2 heterocycles. The number of likely N-dealkylation sites (tertiary alicyclic amines) is 1. The largest absolute Gasteiger partial charge is 0.312 e. The lowest BCUT2D eigenvalue weighted by Gasteiger charge is -2.22. The Morgan fingerprint density at radius 1 is 0.949 bits per heavy atom. The highest BCUT2D eigenvalue weighted by Gasteiger charge is 2.23. The number of benzene rings is 3. The van der Waals surface area contributed by atoms with Crippen LogP contribution in [0.5, 0.6) is 0 Å². The number of rotatable bonds is 8. The molecule has 1 fully saturated rings. The van der Waals surface area contributed by atoms with E-state index >= 15 is 0 Å². The summed E-state index contributed by atoms with van der Waals surface area (Å²) in [6, 6.07) is 16.0. The van der Waals surface area contributed by atoms with E-state index in [1.165, 1.54) is 17.1 Å². The molecule has 0 aliphatic carbocycles. The number of anilines is 2. The number of aryl methyl sites for hydroxylation is 1. The van der Waals surface area contributed by atoms with Crippen LogP contribution in [0.2, 0.25) is 10.0 Å². The molecule has 5 rings (SSSR count). The van der Waals surface area contributed by atoms with E-state index in [1.807, 2.05) is 26.1 Å². The molecule has 11 heteroatoms. The molecular formula is C28H30Cl2N6O2S. The van der Waals surface area contributed by atoms with Crippen LogP contribution >= 0.6 is 23.2 Å². The van der Waals surface area contributed by atoms with Crippen LogP contribution in [0.25, 0.3) is 22.2 Å². The van der Waals surface area contributed by atoms with Crippen LogP contribution in [-0.2, 0) is 10.0 Å². The number of hydrogen-bond acceptors (Lipinski definition) is 7. The van der Waals surface area contributed by atoms with Gasteiger partial charge in [0.2, 0.25) is 16.0 Å². The van der Waals surface area contributed by atoms with Gasteiger partial charge in [-0.15, -0.1) is 10.2 Å². The number of likely N-dealkylation sites (N-methyl/N-ethyl adjacent to an activating group) is 1. The quantitative estimate of drug-likeness (QED) is 0.259. The maximum Gasteiger partial charge on any atom is 0.250 e. The topological polar surface area (TPSA) is 82.5 Å². The Kier molecular flexibility index (Phi) is 8.07. The van der Waals surface area contributed by atoms with Gasteiger partial charge in [-0.3, -0.25) is 0 Å². The van der Waals surface area contributed by atoms with E-state index in [0.29, 0.717) is 33.6 Å². The van der Waals surface area contributed by atoms with Gasteiger partial charge in [0, 0.05) is 48.5 Å². The fourth-order valence-electron chi connectivity index (χ4n) is 4.81. The Labute approximate surface area is 239 Å². The summed E-state index contributed by atoms with van der Waals surface area (Å²) in [6.07, 6.45) is 2.36. The van der Waals surface area contributed by atoms with Crippen LogP contribution in [0.1, 0.15) is 18.4 Å². The minimum atomic E-state index is -3.58. The standard InChI is InChI=1S/C28H30Cl2N6O2S/c1-19-17-20(26-23(29)7-6-8-24(26)30)18-25-27(19)31-28(33-32-25)35(3)21-9-11-22(12-10-21)39(37,38)34(2)15-16-36-13-4-5-14-36/h6-12,17-18H,4-5,13-16H2,1-3H3. The van der Waals surface area contributed by atoms with Crippen molar-refractivity contribution in [2.24, 2.45) is 0 Å². The van der Waals surface area contributed by atoms with Gasteiger partial charge in [0.15, 0.2) is 0 Å². The Morgan fingerprint density at radius 2 is 1.62 bits per heavy atom. The number of sulfonamides is 1. The predicted molar refractivity (Wildman–Crippen MR) is 158 cm³/mol. The normalized spacial score (nSPS) is 14.4. The summed E-state index contributed by atoms with van der Waals surface area (Å²) in [4.78, 5) is 9.08. The Morgan fingerprint density at radius 3 is 2.28 bits per heavy atom. The molecule has 0 bridgehead atoms. The first-order valence-electron chi connectivity index (χ1n) is 12.8. The maximum absolute atomic E-state index is 13.1. The first-order chi connectivity index (χ1) is 18.6. The van der Waals surface area contributed by atoms with Gasteiger partial charge in [-0.25, -0.2) is 13.4 Å². The van der Waals surface area contributed by atoms with Gasteiger partial charge >= 0.3 is 0 Å². The third-order valence-electron chi connectivity index (χ3n) is 7.15. The fraction of sp³-hybridized carbons (Fsp3) is 0.321. The first-order valence-corrected chi connectivity index (χ1v) is 15.0. The summed E-state index contributed by atoms with van der Waals surface area (Å²) in [5, 5.41) is 9.87.